The number of H-pyrrole nitrogens is 1. The second kappa shape index (κ2) is 3.46. The Morgan fingerprint density at radius 2 is 1.71 bits per heavy atom. The van der Waals surface area contributed by atoms with Crippen molar-refractivity contribution >= 4 is 0 Å². The minimum Gasteiger partial charge on any atom is -0.329 e. The predicted octanol–water partition coefficient (Wildman–Crippen LogP) is 2.18. The SMILES string of the molecule is O=c1cc(-c2ccc(F)cc2)cc[nH]1. The Bertz CT molecular complexity index is 487. The van der Waals surface area contributed by atoms with Gasteiger partial charge in [0.25, 0.3) is 0 Å². The van der Waals surface area contributed by atoms with Gasteiger partial charge < -0.3 is 4.98 Å². The average Bonchev–Trinajstić information content (AvgIpc) is 2.19. The minimum atomic E-state index is -0.279. The third-order valence-electron chi connectivity index (χ3n) is 1.95. The highest BCUT2D eigenvalue weighted by molar-refractivity contribution is 5.62. The molecule has 3 heteroatoms. The number of pyridine rings is 1. The van der Waals surface area contributed by atoms with E-state index < -0.39 is 0 Å². The third-order valence-corrected chi connectivity index (χ3v) is 1.95. The Balaban J connectivity index is 2.50. The van der Waals surface area contributed by atoms with E-state index in [1.165, 1.54) is 18.2 Å². The van der Waals surface area contributed by atoms with Crippen LogP contribution in [0.15, 0.2) is 47.4 Å². The van der Waals surface area contributed by atoms with Gasteiger partial charge >= 0.3 is 0 Å². The van der Waals surface area contributed by atoms with Crippen molar-refractivity contribution in [2.24, 2.45) is 0 Å². The highest BCUT2D eigenvalue weighted by Crippen LogP contribution is 2.16. The summed E-state index contributed by atoms with van der Waals surface area (Å²) >= 11 is 0. The van der Waals surface area contributed by atoms with Gasteiger partial charge in [0.2, 0.25) is 5.56 Å². The third kappa shape index (κ3) is 1.71. The van der Waals surface area contributed by atoms with E-state index in [0.717, 1.165) is 11.1 Å². The summed E-state index contributed by atoms with van der Waals surface area (Å²) in [6.45, 7) is 0. The van der Waals surface area contributed by atoms with E-state index in [4.69, 9.17) is 0 Å². The fraction of sp³-hybridized carbons (Fsp3) is 0. The molecule has 0 radical (unpaired) electrons. The summed E-state index contributed by atoms with van der Waals surface area (Å²) in [6, 6.07) is 9.28. The summed E-state index contributed by atoms with van der Waals surface area (Å²) in [5.41, 5.74) is 1.46. The molecule has 0 aliphatic rings. The second-order valence-electron chi connectivity index (χ2n) is 2.95. The molecular weight excluding hydrogens is 181 g/mol. The molecule has 0 amide bonds. The molecule has 2 nitrogen and oxygen atoms in total. The van der Waals surface area contributed by atoms with Crippen LogP contribution in [0.2, 0.25) is 0 Å². The molecular formula is C11H8FNO. The van der Waals surface area contributed by atoms with Crippen LogP contribution in [-0.4, -0.2) is 4.98 Å². The van der Waals surface area contributed by atoms with Crippen LogP contribution >= 0.6 is 0 Å². The molecule has 2 aromatic rings. The standard InChI is InChI=1S/C11H8FNO/c12-10-3-1-8(2-4-10)9-5-6-13-11(14)7-9/h1-7H,(H,13,14). The van der Waals surface area contributed by atoms with Gasteiger partial charge in [-0.3, -0.25) is 4.79 Å². The normalized spacial score (nSPS) is 10.1. The average molecular weight is 189 g/mol. The van der Waals surface area contributed by atoms with Gasteiger partial charge in [-0.15, -0.1) is 0 Å². The lowest BCUT2D eigenvalue weighted by Crippen LogP contribution is -2.01. The van der Waals surface area contributed by atoms with Crippen LogP contribution in [0.5, 0.6) is 0 Å². The molecule has 1 heterocycles. The zero-order valence-electron chi connectivity index (χ0n) is 7.33. The zero-order valence-corrected chi connectivity index (χ0v) is 7.33. The van der Waals surface area contributed by atoms with E-state index in [9.17, 15) is 9.18 Å². The van der Waals surface area contributed by atoms with Gasteiger partial charge in [0.05, 0.1) is 0 Å². The van der Waals surface area contributed by atoms with Gasteiger partial charge in [-0.1, -0.05) is 12.1 Å². The molecule has 1 aromatic carbocycles. The van der Waals surface area contributed by atoms with E-state index in [0.29, 0.717) is 0 Å². The predicted molar refractivity (Wildman–Crippen MR) is 52.5 cm³/mol. The highest BCUT2D eigenvalue weighted by atomic mass is 19.1. The molecule has 0 saturated heterocycles. The van der Waals surface area contributed by atoms with Crippen molar-refractivity contribution in [3.05, 3.63) is 58.8 Å². The summed E-state index contributed by atoms with van der Waals surface area (Å²) in [6.07, 6.45) is 1.57. The first-order valence-electron chi connectivity index (χ1n) is 4.20. The van der Waals surface area contributed by atoms with Crippen molar-refractivity contribution < 1.29 is 4.39 Å². The molecule has 1 N–H and O–H groups in total. The highest BCUT2D eigenvalue weighted by Gasteiger charge is 1.97. The van der Waals surface area contributed by atoms with Gasteiger partial charge in [0, 0.05) is 12.3 Å². The second-order valence-corrected chi connectivity index (χ2v) is 2.95. The van der Waals surface area contributed by atoms with Gasteiger partial charge in [-0.05, 0) is 29.3 Å². The topological polar surface area (TPSA) is 32.9 Å². The maximum atomic E-state index is 12.6. The van der Waals surface area contributed by atoms with Gasteiger partial charge in [-0.2, -0.15) is 0 Å². The summed E-state index contributed by atoms with van der Waals surface area (Å²) in [4.78, 5) is 13.5. The quantitative estimate of drug-likeness (QED) is 0.732. The number of hydrogen-bond donors (Lipinski definition) is 1. The summed E-state index contributed by atoms with van der Waals surface area (Å²) in [5, 5.41) is 0. The first-order valence-corrected chi connectivity index (χ1v) is 4.20. The van der Waals surface area contributed by atoms with Crippen LogP contribution in [0, 0.1) is 5.82 Å². The van der Waals surface area contributed by atoms with Crippen molar-refractivity contribution in [3.8, 4) is 11.1 Å². The molecule has 1 aromatic heterocycles. The maximum Gasteiger partial charge on any atom is 0.248 e. The van der Waals surface area contributed by atoms with Crippen molar-refractivity contribution in [2.45, 2.75) is 0 Å². The maximum absolute atomic E-state index is 12.6. The van der Waals surface area contributed by atoms with Crippen molar-refractivity contribution in [3.63, 3.8) is 0 Å². The molecule has 70 valence electrons. The number of nitrogens with one attached hydrogen (secondary N) is 1. The molecule has 0 spiro atoms. The number of benzene rings is 1. The molecule has 0 atom stereocenters. The first kappa shape index (κ1) is 8.69. The Hall–Kier alpha value is -1.90. The largest absolute Gasteiger partial charge is 0.329 e. The fourth-order valence-corrected chi connectivity index (χ4v) is 1.27. The fourth-order valence-electron chi connectivity index (χ4n) is 1.27. The lowest BCUT2D eigenvalue weighted by Gasteiger charge is -1.99. The van der Waals surface area contributed by atoms with E-state index in [-0.39, 0.29) is 11.4 Å². The summed E-state index contributed by atoms with van der Waals surface area (Å²) in [7, 11) is 0. The number of rotatable bonds is 1. The van der Waals surface area contributed by atoms with Crippen LogP contribution in [0.1, 0.15) is 0 Å². The molecule has 2 rings (SSSR count). The molecule has 0 fully saturated rings. The zero-order chi connectivity index (χ0) is 9.97. The van der Waals surface area contributed by atoms with Crippen LogP contribution < -0.4 is 5.56 Å². The van der Waals surface area contributed by atoms with E-state index in [1.807, 2.05) is 0 Å². The molecule has 14 heavy (non-hydrogen) atoms. The van der Waals surface area contributed by atoms with Crippen molar-refractivity contribution in [1.82, 2.24) is 4.98 Å². The van der Waals surface area contributed by atoms with E-state index in [1.54, 1.807) is 24.4 Å². The number of hydrogen-bond acceptors (Lipinski definition) is 1. The number of aromatic nitrogens is 1. The van der Waals surface area contributed by atoms with E-state index in [2.05, 4.69) is 4.98 Å². The van der Waals surface area contributed by atoms with Crippen LogP contribution in [0.4, 0.5) is 4.39 Å². The molecule has 0 unspecified atom stereocenters. The monoisotopic (exact) mass is 189 g/mol. The number of aromatic amines is 1. The van der Waals surface area contributed by atoms with Gasteiger partial charge in [-0.25, -0.2) is 4.39 Å². The molecule has 0 saturated carbocycles. The van der Waals surface area contributed by atoms with Crippen molar-refractivity contribution in [1.29, 1.82) is 0 Å². The minimum absolute atomic E-state index is 0.160. The smallest absolute Gasteiger partial charge is 0.248 e. The number of halogens is 1. The Labute approximate surface area is 80.0 Å². The lowest BCUT2D eigenvalue weighted by atomic mass is 10.1. The van der Waals surface area contributed by atoms with Gasteiger partial charge in [0.15, 0.2) is 0 Å². The van der Waals surface area contributed by atoms with Crippen LogP contribution in [0.3, 0.4) is 0 Å². The first-order chi connectivity index (χ1) is 6.75. The Morgan fingerprint density at radius 3 is 2.36 bits per heavy atom. The Morgan fingerprint density at radius 1 is 1.00 bits per heavy atom. The van der Waals surface area contributed by atoms with Crippen LogP contribution in [-0.2, 0) is 0 Å². The van der Waals surface area contributed by atoms with E-state index >= 15 is 0 Å². The summed E-state index contributed by atoms with van der Waals surface area (Å²) in [5.74, 6) is -0.279. The molecule has 0 aliphatic heterocycles. The van der Waals surface area contributed by atoms with Crippen molar-refractivity contribution in [2.75, 3.05) is 0 Å². The molecule has 0 aliphatic carbocycles. The van der Waals surface area contributed by atoms with Crippen LogP contribution in [0.25, 0.3) is 11.1 Å². The lowest BCUT2D eigenvalue weighted by molar-refractivity contribution is 0.628. The molecule has 0 bridgehead atoms. The van der Waals surface area contributed by atoms with Gasteiger partial charge in [0.1, 0.15) is 5.82 Å². The Kier molecular flexibility index (Phi) is 2.14. The summed E-state index contributed by atoms with van der Waals surface area (Å²) < 4.78 is 12.6.